The number of halogens is 2. The van der Waals surface area contributed by atoms with Gasteiger partial charge < -0.3 is 15.4 Å². The molecular weight excluding hydrogens is 356 g/mol. The summed E-state index contributed by atoms with van der Waals surface area (Å²) in [6, 6.07) is 10.0. The number of carbonyl (C=O) groups is 2. The van der Waals surface area contributed by atoms with E-state index in [1.807, 2.05) is 6.07 Å². The molecule has 0 aliphatic carbocycles. The maximum Gasteiger partial charge on any atom is 0.248 e. The van der Waals surface area contributed by atoms with Crippen LogP contribution in [0.1, 0.15) is 12.5 Å². The zero-order chi connectivity index (χ0) is 19.8. The number of nitriles is 1. The van der Waals surface area contributed by atoms with E-state index < -0.39 is 23.4 Å². The number of ether oxygens (including phenoxy) is 1. The Labute approximate surface area is 154 Å². The molecule has 0 aliphatic heterocycles. The van der Waals surface area contributed by atoms with Crippen LogP contribution < -0.4 is 15.4 Å². The highest BCUT2D eigenvalue weighted by Gasteiger charge is 2.12. The number of hydrogen-bond donors (Lipinski definition) is 2. The fourth-order valence-electron chi connectivity index (χ4n) is 2.07. The molecule has 2 amide bonds. The molecule has 8 heteroatoms. The van der Waals surface area contributed by atoms with Gasteiger partial charge in [-0.15, -0.1) is 0 Å². The van der Waals surface area contributed by atoms with Crippen molar-refractivity contribution in [1.29, 1.82) is 5.26 Å². The van der Waals surface area contributed by atoms with E-state index in [2.05, 4.69) is 10.6 Å². The maximum absolute atomic E-state index is 13.8. The van der Waals surface area contributed by atoms with Crippen molar-refractivity contribution in [3.63, 3.8) is 0 Å². The Kier molecular flexibility index (Phi) is 6.61. The number of nitrogens with one attached hydrogen (secondary N) is 2. The van der Waals surface area contributed by atoms with Crippen molar-refractivity contribution in [3.05, 3.63) is 59.7 Å². The summed E-state index contributed by atoms with van der Waals surface area (Å²) in [5.74, 6) is -2.58. The van der Waals surface area contributed by atoms with Crippen LogP contribution in [0.15, 0.2) is 42.5 Å². The van der Waals surface area contributed by atoms with Crippen molar-refractivity contribution < 1.29 is 23.1 Å². The van der Waals surface area contributed by atoms with E-state index in [1.165, 1.54) is 19.1 Å². The van der Waals surface area contributed by atoms with E-state index in [9.17, 15) is 18.4 Å². The van der Waals surface area contributed by atoms with Gasteiger partial charge in [0.05, 0.1) is 11.4 Å². The lowest BCUT2D eigenvalue weighted by Crippen LogP contribution is -2.12. The fraction of sp³-hybridized carbons (Fsp3) is 0.105. The van der Waals surface area contributed by atoms with Crippen molar-refractivity contribution in [2.24, 2.45) is 0 Å². The van der Waals surface area contributed by atoms with Crippen molar-refractivity contribution in [2.75, 3.05) is 17.2 Å². The minimum atomic E-state index is -0.970. The van der Waals surface area contributed by atoms with Crippen LogP contribution in [0.2, 0.25) is 0 Å². The minimum Gasteiger partial charge on any atom is -0.479 e. The van der Waals surface area contributed by atoms with E-state index in [-0.39, 0.29) is 18.0 Å². The first-order valence-electron chi connectivity index (χ1n) is 7.74. The molecule has 0 spiro atoms. The summed E-state index contributed by atoms with van der Waals surface area (Å²) < 4.78 is 32.5. The van der Waals surface area contributed by atoms with Crippen LogP contribution in [0.5, 0.6) is 5.75 Å². The summed E-state index contributed by atoms with van der Waals surface area (Å²) >= 11 is 0. The molecule has 6 nitrogen and oxygen atoms in total. The highest BCUT2D eigenvalue weighted by molar-refractivity contribution is 6.02. The molecule has 0 aromatic heterocycles. The number of carbonyl (C=O) groups excluding carboxylic acids is 2. The van der Waals surface area contributed by atoms with E-state index >= 15 is 0 Å². The zero-order valence-corrected chi connectivity index (χ0v) is 14.3. The first-order valence-corrected chi connectivity index (χ1v) is 7.74. The molecule has 0 atom stereocenters. The number of nitrogens with zero attached hydrogens (tertiary/aromatic N) is 1. The predicted molar refractivity (Wildman–Crippen MR) is 95.9 cm³/mol. The first kappa shape index (κ1) is 19.6. The zero-order valence-electron chi connectivity index (χ0n) is 14.3. The monoisotopic (exact) mass is 371 g/mol. The van der Waals surface area contributed by atoms with Crippen molar-refractivity contribution >= 4 is 29.3 Å². The Hall–Kier alpha value is -3.73. The lowest BCUT2D eigenvalue weighted by molar-refractivity contribution is -0.114. The van der Waals surface area contributed by atoms with Crippen LogP contribution in [0.4, 0.5) is 20.2 Å². The van der Waals surface area contributed by atoms with Gasteiger partial charge in [-0.1, -0.05) is 12.1 Å². The van der Waals surface area contributed by atoms with Gasteiger partial charge in [-0.25, -0.2) is 8.78 Å². The summed E-state index contributed by atoms with van der Waals surface area (Å²) in [7, 11) is 0. The quantitative estimate of drug-likeness (QED) is 0.761. The summed E-state index contributed by atoms with van der Waals surface area (Å²) in [6.07, 6.45) is 2.66. The lowest BCUT2D eigenvalue weighted by atomic mass is 10.2. The van der Waals surface area contributed by atoms with E-state index in [4.69, 9.17) is 10.00 Å². The van der Waals surface area contributed by atoms with Crippen LogP contribution in [-0.2, 0) is 9.59 Å². The van der Waals surface area contributed by atoms with Crippen LogP contribution in [0, 0.1) is 23.0 Å². The van der Waals surface area contributed by atoms with Crippen molar-refractivity contribution in [3.8, 4) is 11.8 Å². The molecule has 0 saturated carbocycles. The molecule has 2 rings (SSSR count). The molecule has 0 bridgehead atoms. The molecule has 0 aliphatic rings. The average Bonchev–Trinajstić information content (AvgIpc) is 2.62. The Bertz CT molecular complexity index is 919. The van der Waals surface area contributed by atoms with Gasteiger partial charge in [0.25, 0.3) is 0 Å². The highest BCUT2D eigenvalue weighted by Crippen LogP contribution is 2.23. The topological polar surface area (TPSA) is 91.2 Å². The Morgan fingerprint density at radius 3 is 2.33 bits per heavy atom. The van der Waals surface area contributed by atoms with E-state index in [0.717, 1.165) is 6.07 Å². The van der Waals surface area contributed by atoms with Gasteiger partial charge in [-0.2, -0.15) is 5.26 Å². The van der Waals surface area contributed by atoms with Gasteiger partial charge in [-0.3, -0.25) is 9.59 Å². The standard InChI is InChI=1S/C19H15F2N3O3/c1-12(25)23-17-11-18(16(21)10-15(17)20)24-19(26)7-4-13-2-5-14(6-3-13)27-9-8-22/h2-7,10-11H,9H2,1H3,(H,23,25)(H,24,26)/b7-4+. The molecule has 27 heavy (non-hydrogen) atoms. The summed E-state index contributed by atoms with van der Waals surface area (Å²) in [4.78, 5) is 23.0. The van der Waals surface area contributed by atoms with Crippen LogP contribution in [0.3, 0.4) is 0 Å². The van der Waals surface area contributed by atoms with Crippen LogP contribution >= 0.6 is 0 Å². The van der Waals surface area contributed by atoms with Crippen molar-refractivity contribution in [1.82, 2.24) is 0 Å². The molecule has 0 unspecified atom stereocenters. The third-order valence-corrected chi connectivity index (χ3v) is 3.24. The van der Waals surface area contributed by atoms with Gasteiger partial charge in [0.1, 0.15) is 23.5 Å². The molecule has 0 radical (unpaired) electrons. The number of rotatable bonds is 6. The molecule has 0 saturated heterocycles. The summed E-state index contributed by atoms with van der Waals surface area (Å²) in [5, 5.41) is 12.9. The summed E-state index contributed by atoms with van der Waals surface area (Å²) in [6.45, 7) is 1.11. The second kappa shape index (κ2) is 9.10. The molecule has 2 aromatic rings. The van der Waals surface area contributed by atoms with E-state index in [1.54, 1.807) is 24.3 Å². The summed E-state index contributed by atoms with van der Waals surface area (Å²) in [5.41, 5.74) is 0.166. The Morgan fingerprint density at radius 1 is 1.11 bits per heavy atom. The molecule has 0 heterocycles. The van der Waals surface area contributed by atoms with Gasteiger partial charge in [0, 0.05) is 19.1 Å². The molecule has 2 N–H and O–H groups in total. The SMILES string of the molecule is CC(=O)Nc1cc(NC(=O)/C=C/c2ccc(OCC#N)cc2)c(F)cc1F. The first-order chi connectivity index (χ1) is 12.9. The third-order valence-electron chi connectivity index (χ3n) is 3.24. The number of hydrogen-bond acceptors (Lipinski definition) is 4. The largest absolute Gasteiger partial charge is 0.479 e. The Morgan fingerprint density at radius 2 is 1.74 bits per heavy atom. The van der Waals surface area contributed by atoms with Crippen molar-refractivity contribution in [2.45, 2.75) is 6.92 Å². The average molecular weight is 371 g/mol. The van der Waals surface area contributed by atoms with E-state index in [0.29, 0.717) is 17.4 Å². The molecular formula is C19H15F2N3O3. The van der Waals surface area contributed by atoms with Crippen LogP contribution in [0.25, 0.3) is 6.08 Å². The second-order valence-electron chi connectivity index (χ2n) is 5.33. The molecule has 138 valence electrons. The predicted octanol–water partition coefficient (Wildman–Crippen LogP) is 3.48. The minimum absolute atomic E-state index is 0.0682. The number of anilines is 2. The maximum atomic E-state index is 13.8. The normalized spacial score (nSPS) is 10.3. The fourth-order valence-corrected chi connectivity index (χ4v) is 2.07. The second-order valence-corrected chi connectivity index (χ2v) is 5.33. The third kappa shape index (κ3) is 5.93. The van der Waals surface area contributed by atoms with Crippen LogP contribution in [-0.4, -0.2) is 18.4 Å². The van der Waals surface area contributed by atoms with Gasteiger partial charge in [-0.05, 0) is 29.8 Å². The van der Waals surface area contributed by atoms with Gasteiger partial charge >= 0.3 is 0 Å². The Balaban J connectivity index is 2.05. The lowest BCUT2D eigenvalue weighted by Gasteiger charge is -2.09. The van der Waals surface area contributed by atoms with Gasteiger partial charge in [0.15, 0.2) is 6.61 Å². The molecule has 0 fully saturated rings. The highest BCUT2D eigenvalue weighted by atomic mass is 19.1. The number of amides is 2. The van der Waals surface area contributed by atoms with Gasteiger partial charge in [0.2, 0.25) is 11.8 Å². The number of benzene rings is 2. The molecule has 2 aromatic carbocycles. The smallest absolute Gasteiger partial charge is 0.248 e.